The third-order valence-corrected chi connectivity index (χ3v) is 1.75. The molecule has 9 heteroatoms. The molecular formula is C10H18BF4N3O. The lowest BCUT2D eigenvalue weighted by atomic mass is 10.3. The molecule has 0 radical (unpaired) electrons. The van der Waals surface area contributed by atoms with Crippen LogP contribution in [-0.2, 0) is 0 Å². The molecule has 1 unspecified atom stereocenters. The van der Waals surface area contributed by atoms with Crippen molar-refractivity contribution in [1.29, 1.82) is 0 Å². The van der Waals surface area contributed by atoms with Gasteiger partial charge in [-0.15, -0.1) is 0 Å². The van der Waals surface area contributed by atoms with E-state index in [2.05, 4.69) is 5.32 Å². The summed E-state index contributed by atoms with van der Waals surface area (Å²) in [5.41, 5.74) is 0. The van der Waals surface area contributed by atoms with Gasteiger partial charge >= 0.3 is 19.5 Å². The van der Waals surface area contributed by atoms with Crippen LogP contribution in [0.3, 0.4) is 0 Å². The summed E-state index contributed by atoms with van der Waals surface area (Å²) < 4.78 is 44.7. The van der Waals surface area contributed by atoms with Crippen molar-refractivity contribution in [3.8, 4) is 0 Å². The number of carbonyl (C=O) groups excluding carboxylic acids is 1. The second-order valence-electron chi connectivity index (χ2n) is 4.02. The molecule has 1 rings (SSSR count). The van der Waals surface area contributed by atoms with Crippen LogP contribution in [0.4, 0.5) is 21.7 Å². The highest BCUT2D eigenvalue weighted by Crippen LogP contribution is 2.06. The van der Waals surface area contributed by atoms with Gasteiger partial charge in [-0.2, -0.15) is 4.42 Å². The third kappa shape index (κ3) is 9.99. The minimum absolute atomic E-state index is 0.0835. The Balaban J connectivity index is 0.000000555. The van der Waals surface area contributed by atoms with Crippen LogP contribution in [-0.4, -0.2) is 57.5 Å². The molecule has 0 saturated carbocycles. The second-order valence-corrected chi connectivity index (χ2v) is 4.02. The lowest BCUT2D eigenvalue weighted by Gasteiger charge is -2.13. The number of rotatable bonds is 1. The van der Waals surface area contributed by atoms with Gasteiger partial charge in [0, 0.05) is 40.5 Å². The topological polar surface area (TPSA) is 29.8 Å². The predicted molar refractivity (Wildman–Crippen MR) is 68.2 cm³/mol. The van der Waals surface area contributed by atoms with Crippen molar-refractivity contribution >= 4 is 13.3 Å². The summed E-state index contributed by atoms with van der Waals surface area (Å²) >= 11 is 0. The number of dihydropyridines is 1. The summed E-state index contributed by atoms with van der Waals surface area (Å²) in [5, 5.41) is 3.10. The van der Waals surface area contributed by atoms with Gasteiger partial charge in [0.2, 0.25) is 0 Å². The standard InChI is InChI=1S/C10H18N3O.BF4/c1-12(2)10(13(3)4)14-9-7-5-6-8-11-9;2-1(3,4)5/h5-9,11H,1-4H3;/q+1;-1. The molecule has 0 aromatic rings. The van der Waals surface area contributed by atoms with Gasteiger partial charge in [0.15, 0.2) is 0 Å². The van der Waals surface area contributed by atoms with Gasteiger partial charge in [0.1, 0.15) is 0 Å². The van der Waals surface area contributed by atoms with Crippen LogP contribution >= 0.6 is 0 Å². The molecule has 1 atom stereocenters. The van der Waals surface area contributed by atoms with Crippen LogP contribution in [0, 0.1) is 0 Å². The molecule has 0 fully saturated rings. The first-order valence-electron chi connectivity index (χ1n) is 5.46. The first-order valence-corrected chi connectivity index (χ1v) is 5.46. The smallest absolute Gasteiger partial charge is 0.418 e. The van der Waals surface area contributed by atoms with Crippen molar-refractivity contribution in [1.82, 2.24) is 15.1 Å². The number of nitrogens with one attached hydrogen (secondary N) is 1. The molecule has 2 amide bonds. The number of halogens is 4. The maximum absolute atomic E-state index is 9.75. The fourth-order valence-electron chi connectivity index (χ4n) is 1.22. The lowest BCUT2D eigenvalue weighted by molar-refractivity contribution is -0.203. The summed E-state index contributed by atoms with van der Waals surface area (Å²) in [5.74, 6) is 0. The zero-order valence-electron chi connectivity index (χ0n) is 11.3. The minimum Gasteiger partial charge on any atom is -0.418 e. The number of nitrogens with zero attached hydrogens (tertiary/aromatic N) is 2. The highest BCUT2D eigenvalue weighted by molar-refractivity contribution is 6.50. The Kier molecular flexibility index (Phi) is 7.03. The van der Waals surface area contributed by atoms with E-state index in [4.69, 9.17) is 4.42 Å². The van der Waals surface area contributed by atoms with Crippen molar-refractivity contribution in [2.75, 3.05) is 28.2 Å². The van der Waals surface area contributed by atoms with Gasteiger partial charge in [0.05, 0.1) is 0 Å². The zero-order chi connectivity index (χ0) is 15.1. The Labute approximate surface area is 110 Å². The van der Waals surface area contributed by atoms with Crippen molar-refractivity contribution in [2.24, 2.45) is 0 Å². The first kappa shape index (κ1) is 17.3. The number of hydrogen-bond acceptors (Lipinski definition) is 1. The highest BCUT2D eigenvalue weighted by atomic mass is 19.5. The molecule has 1 aliphatic heterocycles. The molecule has 1 N–H and O–H groups in total. The van der Waals surface area contributed by atoms with E-state index in [0.717, 1.165) is 6.03 Å². The maximum atomic E-state index is 9.75. The van der Waals surface area contributed by atoms with Crippen molar-refractivity contribution in [2.45, 2.75) is 6.23 Å². The quantitative estimate of drug-likeness (QED) is 0.445. The summed E-state index contributed by atoms with van der Waals surface area (Å²) in [6.07, 6.45) is 7.65. The van der Waals surface area contributed by atoms with Crippen LogP contribution in [0.2, 0.25) is 0 Å². The fourth-order valence-corrected chi connectivity index (χ4v) is 1.22. The minimum atomic E-state index is -6.00. The Morgan fingerprint density at radius 1 is 1.05 bits per heavy atom. The molecule has 0 aliphatic carbocycles. The van der Waals surface area contributed by atoms with Gasteiger partial charge in [0.25, 0.3) is 0 Å². The van der Waals surface area contributed by atoms with E-state index in [1.807, 2.05) is 62.4 Å². The molecule has 0 saturated heterocycles. The molecule has 1 aliphatic rings. The molecule has 0 aromatic carbocycles. The summed E-state index contributed by atoms with van der Waals surface area (Å²) in [7, 11) is 1.82. The second kappa shape index (κ2) is 7.70. The van der Waals surface area contributed by atoms with Crippen LogP contribution in [0.25, 0.3) is 0 Å². The highest BCUT2D eigenvalue weighted by Gasteiger charge is 2.22. The predicted octanol–water partition coefficient (Wildman–Crippen LogP) is 2.06. The number of amides is 2. The third-order valence-electron chi connectivity index (χ3n) is 1.75. The molecule has 19 heavy (non-hydrogen) atoms. The van der Waals surface area contributed by atoms with E-state index in [1.165, 1.54) is 0 Å². The number of allylic oxidation sites excluding steroid dienone is 2. The fraction of sp³-hybridized carbons (Fsp3) is 0.500. The SMILES string of the molecule is CN(C)C(=[O+]C1C=CC=CN1)N(C)C.F[B-](F)(F)F. The van der Waals surface area contributed by atoms with Crippen LogP contribution < -0.4 is 5.32 Å². The summed E-state index contributed by atoms with van der Waals surface area (Å²) in [6.45, 7) is 0. The van der Waals surface area contributed by atoms with E-state index in [9.17, 15) is 17.3 Å². The maximum Gasteiger partial charge on any atom is 0.673 e. The Bertz CT molecular complexity index is 337. The number of urea groups is 1. The molecule has 0 bridgehead atoms. The van der Waals surface area contributed by atoms with Gasteiger partial charge < -0.3 is 22.6 Å². The van der Waals surface area contributed by atoms with Crippen molar-refractivity contribution < 1.29 is 21.7 Å². The number of hydrogen-bond donors (Lipinski definition) is 1. The van der Waals surface area contributed by atoms with E-state index < -0.39 is 7.25 Å². The monoisotopic (exact) mass is 283 g/mol. The Morgan fingerprint density at radius 3 is 1.84 bits per heavy atom. The molecule has 4 nitrogen and oxygen atoms in total. The first-order chi connectivity index (χ1) is 8.61. The molecule has 0 aromatic heterocycles. The normalized spacial score (nSPS) is 16.9. The van der Waals surface area contributed by atoms with E-state index in [1.54, 1.807) is 0 Å². The van der Waals surface area contributed by atoms with E-state index >= 15 is 0 Å². The molecular weight excluding hydrogens is 265 g/mol. The van der Waals surface area contributed by atoms with Gasteiger partial charge in [-0.1, -0.05) is 6.08 Å². The average Bonchev–Trinajstić information content (AvgIpc) is 2.24. The zero-order valence-corrected chi connectivity index (χ0v) is 11.3. The molecule has 1 heterocycles. The molecule has 110 valence electrons. The van der Waals surface area contributed by atoms with Crippen LogP contribution in [0.1, 0.15) is 0 Å². The van der Waals surface area contributed by atoms with Crippen molar-refractivity contribution in [3.63, 3.8) is 0 Å². The van der Waals surface area contributed by atoms with Gasteiger partial charge in [-0.05, 0) is 6.08 Å². The van der Waals surface area contributed by atoms with E-state index in [-0.39, 0.29) is 6.23 Å². The summed E-state index contributed by atoms with van der Waals surface area (Å²) in [6, 6.07) is 0.822. The van der Waals surface area contributed by atoms with Gasteiger partial charge in [-0.25, -0.2) is 0 Å². The lowest BCUT2D eigenvalue weighted by Crippen LogP contribution is -2.36. The summed E-state index contributed by atoms with van der Waals surface area (Å²) in [4.78, 5) is 3.88. The van der Waals surface area contributed by atoms with E-state index in [0.29, 0.717) is 0 Å². The van der Waals surface area contributed by atoms with Gasteiger partial charge in [-0.3, -0.25) is 9.80 Å². The molecule has 0 spiro atoms. The Hall–Kier alpha value is -1.67. The average molecular weight is 283 g/mol. The largest absolute Gasteiger partial charge is 0.673 e. The van der Waals surface area contributed by atoms with Crippen LogP contribution in [0.5, 0.6) is 0 Å². The Morgan fingerprint density at radius 2 is 1.53 bits per heavy atom. The van der Waals surface area contributed by atoms with Crippen LogP contribution in [0.15, 0.2) is 24.4 Å². The van der Waals surface area contributed by atoms with Crippen molar-refractivity contribution in [3.05, 3.63) is 24.4 Å².